The van der Waals surface area contributed by atoms with E-state index in [1.165, 1.54) is 6.42 Å². The lowest BCUT2D eigenvalue weighted by molar-refractivity contribution is -0.183. The van der Waals surface area contributed by atoms with Crippen LogP contribution in [-0.2, 0) is 9.47 Å². The normalized spacial score (nSPS) is 46.5. The molecule has 0 aromatic heterocycles. The minimum atomic E-state index is 0.107. The summed E-state index contributed by atoms with van der Waals surface area (Å²) in [6.45, 7) is 9.34. The lowest BCUT2D eigenvalue weighted by Gasteiger charge is -2.50. The Morgan fingerprint density at radius 2 is 1.86 bits per heavy atom. The Labute approximate surface area is 176 Å². The molecule has 1 aliphatic carbocycles. The zero-order valence-corrected chi connectivity index (χ0v) is 18.5. The van der Waals surface area contributed by atoms with Gasteiger partial charge in [-0.2, -0.15) is 0 Å². The van der Waals surface area contributed by atoms with Gasteiger partial charge in [-0.3, -0.25) is 16.0 Å². The summed E-state index contributed by atoms with van der Waals surface area (Å²) < 4.78 is 12.5. The average Bonchev–Trinajstić information content (AvgIpc) is 2.92. The topological polar surface area (TPSA) is 78.6 Å². The first-order chi connectivity index (χ1) is 14.0. The van der Waals surface area contributed by atoms with Crippen LogP contribution < -0.4 is 26.6 Å². The van der Waals surface area contributed by atoms with Crippen LogP contribution in [0.25, 0.3) is 0 Å². The van der Waals surface area contributed by atoms with Crippen LogP contribution in [0.4, 0.5) is 0 Å². The van der Waals surface area contributed by atoms with Gasteiger partial charge in [-0.05, 0) is 52.5 Å². The summed E-state index contributed by atoms with van der Waals surface area (Å²) in [6.07, 6.45) is 7.66. The maximum absolute atomic E-state index is 6.32. The molecule has 0 aromatic carbocycles. The zero-order valence-electron chi connectivity index (χ0n) is 18.5. The Morgan fingerprint density at radius 1 is 1.03 bits per heavy atom. The first-order valence-electron chi connectivity index (χ1n) is 11.7. The Balaban J connectivity index is 1.50. The summed E-state index contributed by atoms with van der Waals surface area (Å²) in [5.41, 5.74) is 1.56. The third-order valence-electron chi connectivity index (χ3n) is 7.40. The molecular formula is C22H41N5O2. The van der Waals surface area contributed by atoms with Crippen LogP contribution >= 0.6 is 0 Å². The largest absolute Gasteiger partial charge is 0.373 e. The Hall–Kier alpha value is -0.540. The third kappa shape index (κ3) is 5.03. The summed E-state index contributed by atoms with van der Waals surface area (Å²) in [4.78, 5) is 0. The molecule has 0 amide bonds. The summed E-state index contributed by atoms with van der Waals surface area (Å²) in [7, 11) is 2.03. The Kier molecular flexibility index (Phi) is 7.27. The second-order valence-corrected chi connectivity index (χ2v) is 9.51. The number of fused-ring (bicyclic) bond motifs is 1. The van der Waals surface area contributed by atoms with Crippen LogP contribution in [0, 0.1) is 11.8 Å². The van der Waals surface area contributed by atoms with Crippen molar-refractivity contribution in [3.63, 3.8) is 0 Å². The van der Waals surface area contributed by atoms with Crippen LogP contribution in [0.5, 0.6) is 0 Å². The highest BCUT2D eigenvalue weighted by molar-refractivity contribution is 5.17. The van der Waals surface area contributed by atoms with Crippen LogP contribution in [0.1, 0.15) is 46.5 Å². The first kappa shape index (κ1) is 21.7. The van der Waals surface area contributed by atoms with Gasteiger partial charge in [0.2, 0.25) is 0 Å². The van der Waals surface area contributed by atoms with Crippen molar-refractivity contribution in [1.29, 1.82) is 0 Å². The lowest BCUT2D eigenvalue weighted by atomic mass is 9.69. The summed E-state index contributed by atoms with van der Waals surface area (Å²) in [6, 6.07) is 1.43. The van der Waals surface area contributed by atoms with Crippen LogP contribution in [0.15, 0.2) is 11.6 Å². The first-order valence-corrected chi connectivity index (χ1v) is 11.7. The third-order valence-corrected chi connectivity index (χ3v) is 7.40. The van der Waals surface area contributed by atoms with E-state index in [-0.39, 0.29) is 18.5 Å². The van der Waals surface area contributed by atoms with Crippen molar-refractivity contribution >= 4 is 0 Å². The second-order valence-electron chi connectivity index (χ2n) is 9.51. The molecule has 29 heavy (non-hydrogen) atoms. The minimum absolute atomic E-state index is 0.107. The average molecular weight is 408 g/mol. The van der Waals surface area contributed by atoms with E-state index in [1.54, 1.807) is 5.57 Å². The lowest BCUT2D eigenvalue weighted by Crippen LogP contribution is -2.69. The smallest absolute Gasteiger partial charge is 0.113 e. The fourth-order valence-corrected chi connectivity index (χ4v) is 5.72. The van der Waals surface area contributed by atoms with E-state index in [9.17, 15) is 0 Å². The van der Waals surface area contributed by atoms with Crippen molar-refractivity contribution in [3.05, 3.63) is 11.6 Å². The van der Waals surface area contributed by atoms with Crippen molar-refractivity contribution in [2.45, 2.75) is 89.2 Å². The van der Waals surface area contributed by atoms with Crippen molar-refractivity contribution in [2.75, 3.05) is 26.8 Å². The SMILES string of the molecule is CNC1CC(C)NC(NC2CC3OCCOC3C(C3=CCN[C@H](C)CC3)C2C)N1. The van der Waals surface area contributed by atoms with Gasteiger partial charge in [0.05, 0.1) is 31.6 Å². The maximum atomic E-state index is 6.32. The molecule has 7 nitrogen and oxygen atoms in total. The predicted molar refractivity (Wildman–Crippen MR) is 115 cm³/mol. The van der Waals surface area contributed by atoms with Crippen molar-refractivity contribution in [2.24, 2.45) is 11.8 Å². The van der Waals surface area contributed by atoms with Gasteiger partial charge in [0, 0.05) is 30.6 Å². The van der Waals surface area contributed by atoms with E-state index in [2.05, 4.69) is 53.4 Å². The molecule has 4 rings (SSSR count). The van der Waals surface area contributed by atoms with E-state index >= 15 is 0 Å². The summed E-state index contributed by atoms with van der Waals surface area (Å²) in [5.74, 6) is 0.909. The van der Waals surface area contributed by atoms with Gasteiger partial charge in [-0.1, -0.05) is 18.6 Å². The molecule has 7 heteroatoms. The molecule has 0 spiro atoms. The molecule has 3 heterocycles. The molecule has 2 saturated heterocycles. The quantitative estimate of drug-likeness (QED) is 0.443. The van der Waals surface area contributed by atoms with E-state index in [4.69, 9.17) is 9.47 Å². The fraction of sp³-hybridized carbons (Fsp3) is 0.909. The standard InChI is InChI=1S/C22H41N5O2/c1-13-5-6-16(7-8-24-13)20-15(3)17(12-18-21(20)29-10-9-28-18)26-22-25-14(2)11-19(23-4)27-22/h7,13-15,17-27H,5-6,8-12H2,1-4H3/t13-,14?,15?,17?,18?,19?,20?,21?,22?/m1/s1. The molecule has 9 atom stereocenters. The molecule has 166 valence electrons. The number of ether oxygens (including phenoxy) is 2. The molecule has 3 aliphatic heterocycles. The van der Waals surface area contributed by atoms with Gasteiger partial charge in [-0.25, -0.2) is 0 Å². The minimum Gasteiger partial charge on any atom is -0.373 e. The Bertz CT molecular complexity index is 573. The number of nitrogens with one attached hydrogen (secondary N) is 5. The van der Waals surface area contributed by atoms with Crippen LogP contribution in [-0.4, -0.2) is 69.6 Å². The van der Waals surface area contributed by atoms with Gasteiger partial charge in [-0.15, -0.1) is 0 Å². The van der Waals surface area contributed by atoms with E-state index in [0.29, 0.717) is 42.7 Å². The number of hydrogen-bond donors (Lipinski definition) is 5. The zero-order chi connectivity index (χ0) is 20.4. The molecule has 0 radical (unpaired) electrons. The van der Waals surface area contributed by atoms with Gasteiger partial charge < -0.3 is 20.1 Å². The predicted octanol–water partition coefficient (Wildman–Crippen LogP) is 0.883. The number of hydrogen-bond acceptors (Lipinski definition) is 7. The van der Waals surface area contributed by atoms with Gasteiger partial charge >= 0.3 is 0 Å². The highest BCUT2D eigenvalue weighted by atomic mass is 16.6. The Morgan fingerprint density at radius 3 is 2.69 bits per heavy atom. The van der Waals surface area contributed by atoms with Crippen LogP contribution in [0.3, 0.4) is 0 Å². The van der Waals surface area contributed by atoms with Crippen molar-refractivity contribution in [3.8, 4) is 0 Å². The molecule has 1 saturated carbocycles. The van der Waals surface area contributed by atoms with Crippen molar-refractivity contribution < 1.29 is 9.47 Å². The molecule has 0 bridgehead atoms. The van der Waals surface area contributed by atoms with Gasteiger partial charge in [0.1, 0.15) is 6.29 Å². The summed E-state index contributed by atoms with van der Waals surface area (Å²) >= 11 is 0. The second kappa shape index (κ2) is 9.73. The maximum Gasteiger partial charge on any atom is 0.113 e. The van der Waals surface area contributed by atoms with E-state index < -0.39 is 0 Å². The molecule has 0 aromatic rings. The molecular weight excluding hydrogens is 366 g/mol. The fourth-order valence-electron chi connectivity index (χ4n) is 5.72. The highest BCUT2D eigenvalue weighted by Crippen LogP contribution is 2.41. The molecule has 3 fully saturated rings. The monoisotopic (exact) mass is 407 g/mol. The van der Waals surface area contributed by atoms with Crippen LogP contribution in [0.2, 0.25) is 0 Å². The van der Waals surface area contributed by atoms with E-state index in [1.807, 2.05) is 7.05 Å². The van der Waals surface area contributed by atoms with Gasteiger partial charge in [0.15, 0.2) is 0 Å². The van der Waals surface area contributed by atoms with E-state index in [0.717, 1.165) is 32.4 Å². The molecule has 4 aliphatic rings. The van der Waals surface area contributed by atoms with Gasteiger partial charge in [0.25, 0.3) is 0 Å². The summed E-state index contributed by atoms with van der Waals surface area (Å²) in [5, 5.41) is 18.2. The molecule has 8 unspecified atom stereocenters. The number of rotatable bonds is 4. The highest BCUT2D eigenvalue weighted by Gasteiger charge is 2.47. The molecule has 5 N–H and O–H groups in total. The van der Waals surface area contributed by atoms with Crippen molar-refractivity contribution in [1.82, 2.24) is 26.6 Å².